The largest absolute Gasteiger partial charge is 0.466 e. The molecule has 2 aliphatic rings. The maximum absolute atomic E-state index is 12.6. The van der Waals surface area contributed by atoms with Gasteiger partial charge in [0.1, 0.15) is 0 Å². The number of carbonyl (C=O) groups is 3. The van der Waals surface area contributed by atoms with Crippen molar-refractivity contribution in [2.45, 2.75) is 39.2 Å². The minimum absolute atomic E-state index is 0.0316. The lowest BCUT2D eigenvalue weighted by Gasteiger charge is -2.33. The van der Waals surface area contributed by atoms with Gasteiger partial charge in [-0.3, -0.25) is 14.4 Å². The van der Waals surface area contributed by atoms with Crippen LogP contribution in [0, 0.1) is 11.8 Å². The summed E-state index contributed by atoms with van der Waals surface area (Å²) >= 11 is 0. The molecule has 0 spiro atoms. The van der Waals surface area contributed by atoms with Crippen molar-refractivity contribution in [3.63, 3.8) is 0 Å². The molecular formula is C18H31N3O4. The maximum Gasteiger partial charge on any atom is 0.310 e. The van der Waals surface area contributed by atoms with E-state index in [4.69, 9.17) is 4.74 Å². The highest BCUT2D eigenvalue weighted by molar-refractivity contribution is 5.86. The van der Waals surface area contributed by atoms with Crippen LogP contribution in [0.2, 0.25) is 0 Å². The van der Waals surface area contributed by atoms with Crippen molar-refractivity contribution in [2.75, 3.05) is 46.9 Å². The number of nitrogens with zero attached hydrogens (tertiary/aromatic N) is 3. The molecule has 2 heterocycles. The molecule has 2 amide bonds. The highest BCUT2D eigenvalue weighted by atomic mass is 16.5. The number of hydrogen-bond donors (Lipinski definition) is 0. The predicted molar refractivity (Wildman–Crippen MR) is 93.8 cm³/mol. The summed E-state index contributed by atoms with van der Waals surface area (Å²) < 4.78 is 5.07. The van der Waals surface area contributed by atoms with E-state index in [0.717, 1.165) is 25.8 Å². The standard InChI is InChI=1S/C18H31N3O4/c1-5-25-18(24)14-7-6-9-21(11-14)16(22)12-20(4)17(23)15-8-10-19(3)13(15)2/h13-15H,5-12H2,1-4H3/t13-,14+,15-/m0/s1. The van der Waals surface area contributed by atoms with Gasteiger partial charge >= 0.3 is 5.97 Å². The molecule has 25 heavy (non-hydrogen) atoms. The van der Waals surface area contributed by atoms with Crippen LogP contribution in [0.4, 0.5) is 0 Å². The summed E-state index contributed by atoms with van der Waals surface area (Å²) in [7, 11) is 3.71. The van der Waals surface area contributed by atoms with Crippen LogP contribution in [0.25, 0.3) is 0 Å². The molecule has 0 radical (unpaired) electrons. The normalized spacial score (nSPS) is 27.2. The first-order valence-corrected chi connectivity index (χ1v) is 9.24. The molecule has 2 aliphatic heterocycles. The van der Waals surface area contributed by atoms with Crippen LogP contribution >= 0.6 is 0 Å². The first kappa shape index (κ1) is 19.7. The van der Waals surface area contributed by atoms with Gasteiger partial charge in [0.25, 0.3) is 0 Å². The second kappa shape index (κ2) is 8.65. The number of esters is 1. The lowest BCUT2D eigenvalue weighted by Crippen LogP contribution is -2.48. The van der Waals surface area contributed by atoms with Gasteiger partial charge in [0, 0.05) is 26.2 Å². The van der Waals surface area contributed by atoms with Crippen LogP contribution in [0.5, 0.6) is 0 Å². The highest BCUT2D eigenvalue weighted by Crippen LogP contribution is 2.24. The van der Waals surface area contributed by atoms with Crippen molar-refractivity contribution in [3.05, 3.63) is 0 Å². The molecule has 0 aromatic heterocycles. The number of likely N-dealkylation sites (tertiary alicyclic amines) is 2. The minimum Gasteiger partial charge on any atom is -0.466 e. The highest BCUT2D eigenvalue weighted by Gasteiger charge is 2.36. The number of piperidine rings is 1. The molecule has 2 fully saturated rings. The molecular weight excluding hydrogens is 322 g/mol. The summed E-state index contributed by atoms with van der Waals surface area (Å²) in [6.07, 6.45) is 2.38. The average molecular weight is 353 g/mol. The Balaban J connectivity index is 1.88. The molecule has 0 N–H and O–H groups in total. The fourth-order valence-corrected chi connectivity index (χ4v) is 3.74. The zero-order valence-electron chi connectivity index (χ0n) is 15.9. The lowest BCUT2D eigenvalue weighted by atomic mass is 9.98. The molecule has 0 unspecified atom stereocenters. The van der Waals surface area contributed by atoms with E-state index in [-0.39, 0.29) is 42.2 Å². The monoisotopic (exact) mass is 353 g/mol. The third-order valence-corrected chi connectivity index (χ3v) is 5.53. The molecule has 3 atom stereocenters. The Morgan fingerprint density at radius 1 is 1.20 bits per heavy atom. The molecule has 0 bridgehead atoms. The van der Waals surface area contributed by atoms with E-state index >= 15 is 0 Å². The summed E-state index contributed by atoms with van der Waals surface area (Å²) in [5.41, 5.74) is 0. The third-order valence-electron chi connectivity index (χ3n) is 5.53. The Labute approximate surface area is 150 Å². The summed E-state index contributed by atoms with van der Waals surface area (Å²) in [4.78, 5) is 42.5. The quantitative estimate of drug-likeness (QED) is 0.677. The Morgan fingerprint density at radius 2 is 1.92 bits per heavy atom. The van der Waals surface area contributed by atoms with Gasteiger partial charge in [-0.05, 0) is 46.7 Å². The number of rotatable bonds is 5. The van der Waals surface area contributed by atoms with Gasteiger partial charge in [0.05, 0.1) is 25.0 Å². The SMILES string of the molecule is CCOC(=O)[C@@H]1CCCN(C(=O)CN(C)C(=O)[C@H]2CCN(C)[C@H]2C)C1. The van der Waals surface area contributed by atoms with E-state index in [1.165, 1.54) is 4.90 Å². The number of carbonyl (C=O) groups excluding carboxylic acids is 3. The van der Waals surface area contributed by atoms with Crippen LogP contribution in [-0.4, -0.2) is 85.4 Å². The fourth-order valence-electron chi connectivity index (χ4n) is 3.74. The van der Waals surface area contributed by atoms with Crippen LogP contribution in [0.3, 0.4) is 0 Å². The van der Waals surface area contributed by atoms with Crippen LogP contribution in [0.1, 0.15) is 33.1 Å². The molecule has 142 valence electrons. The zero-order valence-corrected chi connectivity index (χ0v) is 15.9. The van der Waals surface area contributed by atoms with Crippen molar-refractivity contribution >= 4 is 17.8 Å². The molecule has 7 nitrogen and oxygen atoms in total. The third kappa shape index (κ3) is 4.71. The van der Waals surface area contributed by atoms with E-state index in [1.54, 1.807) is 18.9 Å². The van der Waals surface area contributed by atoms with E-state index in [0.29, 0.717) is 19.7 Å². The number of likely N-dealkylation sites (N-methyl/N-ethyl adjacent to an activating group) is 1. The second-order valence-corrected chi connectivity index (χ2v) is 7.24. The average Bonchev–Trinajstić information content (AvgIpc) is 2.93. The molecule has 2 saturated heterocycles. The molecule has 0 saturated carbocycles. The number of ether oxygens (including phenoxy) is 1. The first-order chi connectivity index (χ1) is 11.8. The van der Waals surface area contributed by atoms with E-state index in [9.17, 15) is 14.4 Å². The number of hydrogen-bond acceptors (Lipinski definition) is 5. The lowest BCUT2D eigenvalue weighted by molar-refractivity contribution is -0.152. The topological polar surface area (TPSA) is 70.2 Å². The Morgan fingerprint density at radius 3 is 2.52 bits per heavy atom. The first-order valence-electron chi connectivity index (χ1n) is 9.24. The maximum atomic E-state index is 12.6. The van der Waals surface area contributed by atoms with Crippen molar-refractivity contribution in [1.29, 1.82) is 0 Å². The summed E-state index contributed by atoms with van der Waals surface area (Å²) in [5, 5.41) is 0. The Hall–Kier alpha value is -1.63. The predicted octanol–water partition coefficient (Wildman–Crippen LogP) is 0.587. The van der Waals surface area contributed by atoms with Crippen LogP contribution < -0.4 is 0 Å². The number of amides is 2. The van der Waals surface area contributed by atoms with Crippen LogP contribution in [0.15, 0.2) is 0 Å². The van der Waals surface area contributed by atoms with E-state index < -0.39 is 0 Å². The molecule has 0 aliphatic carbocycles. The van der Waals surface area contributed by atoms with E-state index in [1.807, 2.05) is 7.05 Å². The van der Waals surface area contributed by atoms with Gasteiger partial charge in [0.2, 0.25) is 11.8 Å². The molecule has 0 aromatic carbocycles. The smallest absolute Gasteiger partial charge is 0.310 e. The van der Waals surface area contributed by atoms with Crippen molar-refractivity contribution in [1.82, 2.24) is 14.7 Å². The minimum atomic E-state index is -0.248. The Bertz CT molecular complexity index is 511. The van der Waals surface area contributed by atoms with Gasteiger partial charge in [-0.2, -0.15) is 0 Å². The van der Waals surface area contributed by atoms with Gasteiger partial charge in [-0.1, -0.05) is 0 Å². The van der Waals surface area contributed by atoms with Gasteiger partial charge in [-0.25, -0.2) is 0 Å². The fraction of sp³-hybridized carbons (Fsp3) is 0.833. The van der Waals surface area contributed by atoms with E-state index in [2.05, 4.69) is 11.8 Å². The zero-order chi connectivity index (χ0) is 18.6. The summed E-state index contributed by atoms with van der Waals surface area (Å²) in [6, 6.07) is 0.202. The summed E-state index contributed by atoms with van der Waals surface area (Å²) in [6.45, 7) is 6.20. The van der Waals surface area contributed by atoms with Crippen LogP contribution in [-0.2, 0) is 19.1 Å². The molecule has 7 heteroatoms. The molecule has 2 rings (SSSR count). The van der Waals surface area contributed by atoms with Gasteiger partial charge < -0.3 is 19.4 Å². The summed E-state index contributed by atoms with van der Waals surface area (Å²) in [5.74, 6) is -0.584. The van der Waals surface area contributed by atoms with Crippen molar-refractivity contribution in [2.24, 2.45) is 11.8 Å². The molecule has 0 aromatic rings. The van der Waals surface area contributed by atoms with Crippen molar-refractivity contribution < 1.29 is 19.1 Å². The second-order valence-electron chi connectivity index (χ2n) is 7.24. The van der Waals surface area contributed by atoms with Gasteiger partial charge in [-0.15, -0.1) is 0 Å². The van der Waals surface area contributed by atoms with Crippen molar-refractivity contribution in [3.8, 4) is 0 Å². The Kier molecular flexibility index (Phi) is 6.81. The van der Waals surface area contributed by atoms with Gasteiger partial charge in [0.15, 0.2) is 0 Å².